The number of allylic oxidation sites excluding steroid dienone is 1. The predicted molar refractivity (Wildman–Crippen MR) is 113 cm³/mol. The first-order valence-corrected chi connectivity index (χ1v) is 9.30. The number of nitrogens with zero attached hydrogens (tertiary/aromatic N) is 1. The molecule has 1 aliphatic heterocycles. The number of ether oxygens (including phenoxy) is 1. The summed E-state index contributed by atoms with van der Waals surface area (Å²) < 4.78 is 7.60. The average Bonchev–Trinajstić information content (AvgIpc) is 3.19. The van der Waals surface area contributed by atoms with Gasteiger partial charge in [-0.3, -0.25) is 4.79 Å². The third-order valence-electron chi connectivity index (χ3n) is 5.22. The zero-order valence-corrected chi connectivity index (χ0v) is 16.0. The molecule has 0 radical (unpaired) electrons. The molecule has 4 aromatic rings. The van der Waals surface area contributed by atoms with E-state index in [4.69, 9.17) is 4.74 Å². The first-order chi connectivity index (χ1) is 14.4. The summed E-state index contributed by atoms with van der Waals surface area (Å²) in [5.41, 5.74) is 3.49. The number of hydrogen-bond donors (Lipinski definition) is 3. The number of benzene rings is 3. The lowest BCUT2D eigenvalue weighted by molar-refractivity contribution is 0.101. The van der Waals surface area contributed by atoms with Gasteiger partial charge in [0.25, 0.3) is 0 Å². The maximum atomic E-state index is 12.8. The van der Waals surface area contributed by atoms with Gasteiger partial charge in [-0.25, -0.2) is 0 Å². The van der Waals surface area contributed by atoms with Gasteiger partial charge in [0.15, 0.2) is 5.76 Å². The smallest absolute Gasteiger partial charge is 0.235 e. The minimum Gasteiger partial charge on any atom is -0.508 e. The number of Topliss-reactive ketones (excluding diaryl/α,β-unsaturated/α-hetero) is 1. The lowest BCUT2D eigenvalue weighted by Crippen LogP contribution is -1.98. The second-order valence-corrected chi connectivity index (χ2v) is 7.22. The molecule has 0 saturated heterocycles. The first-order valence-electron chi connectivity index (χ1n) is 9.30. The van der Waals surface area contributed by atoms with Gasteiger partial charge in [-0.2, -0.15) is 0 Å². The number of fused-ring (bicyclic) bond motifs is 2. The molecule has 3 N–H and O–H groups in total. The van der Waals surface area contributed by atoms with E-state index in [1.807, 2.05) is 42.1 Å². The Morgan fingerprint density at radius 1 is 0.967 bits per heavy atom. The van der Waals surface area contributed by atoms with Gasteiger partial charge in [0.05, 0.1) is 0 Å². The van der Waals surface area contributed by atoms with E-state index in [1.165, 1.54) is 6.07 Å². The van der Waals surface area contributed by atoms with Crippen molar-refractivity contribution in [3.05, 3.63) is 77.7 Å². The topological polar surface area (TPSA) is 91.9 Å². The van der Waals surface area contributed by atoms with E-state index in [9.17, 15) is 20.1 Å². The molecule has 6 nitrogen and oxygen atoms in total. The van der Waals surface area contributed by atoms with Gasteiger partial charge >= 0.3 is 0 Å². The van der Waals surface area contributed by atoms with Crippen LogP contribution in [0.5, 0.6) is 23.0 Å². The minimum absolute atomic E-state index is 0.0347. The monoisotopic (exact) mass is 399 g/mol. The maximum Gasteiger partial charge on any atom is 0.235 e. The van der Waals surface area contributed by atoms with Gasteiger partial charge in [0, 0.05) is 41.8 Å². The number of phenols is 3. The summed E-state index contributed by atoms with van der Waals surface area (Å²) in [6.07, 6.45) is 3.52. The molecule has 0 saturated carbocycles. The molecule has 0 spiro atoms. The van der Waals surface area contributed by atoms with Gasteiger partial charge in [-0.15, -0.1) is 0 Å². The highest BCUT2D eigenvalue weighted by Crippen LogP contribution is 2.41. The third-order valence-corrected chi connectivity index (χ3v) is 5.22. The summed E-state index contributed by atoms with van der Waals surface area (Å²) in [5, 5.41) is 30.5. The molecule has 3 aromatic carbocycles. The molecule has 0 bridgehead atoms. The van der Waals surface area contributed by atoms with E-state index in [-0.39, 0.29) is 34.3 Å². The molecule has 148 valence electrons. The van der Waals surface area contributed by atoms with Crippen molar-refractivity contribution >= 4 is 22.8 Å². The number of hydrogen-bond acceptors (Lipinski definition) is 5. The molecule has 0 unspecified atom stereocenters. The predicted octanol–water partition coefficient (Wildman–Crippen LogP) is 4.58. The van der Waals surface area contributed by atoms with Crippen molar-refractivity contribution in [2.45, 2.75) is 0 Å². The lowest BCUT2D eigenvalue weighted by atomic mass is 9.98. The summed E-state index contributed by atoms with van der Waals surface area (Å²) in [7, 11) is 1.91. The van der Waals surface area contributed by atoms with E-state index in [0.717, 1.165) is 33.7 Å². The fourth-order valence-electron chi connectivity index (χ4n) is 3.92. The molecular formula is C24H17NO5. The zero-order valence-electron chi connectivity index (χ0n) is 16.0. The number of phenolic OH excluding ortho intramolecular Hbond substituents is 3. The molecule has 6 heteroatoms. The van der Waals surface area contributed by atoms with Crippen LogP contribution < -0.4 is 4.74 Å². The number of rotatable bonds is 2. The minimum atomic E-state index is -0.450. The SMILES string of the molecule is Cn1cc(/C=C2\Oc3cc(O)cc(O)c3C2=O)c2c(-c3cccc(O)c3)cccc21. The van der Waals surface area contributed by atoms with E-state index >= 15 is 0 Å². The van der Waals surface area contributed by atoms with Crippen LogP contribution in [0.15, 0.2) is 66.6 Å². The van der Waals surface area contributed by atoms with Crippen LogP contribution in [0.4, 0.5) is 0 Å². The molecule has 0 fully saturated rings. The van der Waals surface area contributed by atoms with Crippen LogP contribution in [0.2, 0.25) is 0 Å². The second kappa shape index (κ2) is 6.42. The van der Waals surface area contributed by atoms with Gasteiger partial charge < -0.3 is 24.6 Å². The highest BCUT2D eigenvalue weighted by molar-refractivity contribution is 6.17. The molecule has 30 heavy (non-hydrogen) atoms. The fraction of sp³-hybridized carbons (Fsp3) is 0.0417. The summed E-state index contributed by atoms with van der Waals surface area (Å²) in [4.78, 5) is 12.8. The Kier molecular flexibility index (Phi) is 3.83. The summed E-state index contributed by atoms with van der Waals surface area (Å²) in [5.74, 6) is -0.607. The van der Waals surface area contributed by atoms with Crippen LogP contribution in [0.25, 0.3) is 28.1 Å². The Balaban J connectivity index is 1.69. The lowest BCUT2D eigenvalue weighted by Gasteiger charge is -2.07. The highest BCUT2D eigenvalue weighted by Gasteiger charge is 2.31. The number of carbonyl (C=O) groups is 1. The van der Waals surface area contributed by atoms with Crippen LogP contribution in [-0.2, 0) is 7.05 Å². The number of carbonyl (C=O) groups excluding carboxylic acids is 1. The molecule has 0 atom stereocenters. The molecule has 0 aliphatic carbocycles. The van der Waals surface area contributed by atoms with Gasteiger partial charge in [-0.05, 0) is 35.4 Å². The van der Waals surface area contributed by atoms with Crippen molar-refractivity contribution in [2.24, 2.45) is 7.05 Å². The summed E-state index contributed by atoms with van der Waals surface area (Å²) >= 11 is 0. The van der Waals surface area contributed by atoms with Crippen molar-refractivity contribution in [3.8, 4) is 34.1 Å². The fourth-order valence-corrected chi connectivity index (χ4v) is 3.92. The van der Waals surface area contributed by atoms with Crippen LogP contribution in [0.3, 0.4) is 0 Å². The molecule has 0 amide bonds. The summed E-state index contributed by atoms with van der Waals surface area (Å²) in [6.45, 7) is 0. The molecule has 2 heterocycles. The van der Waals surface area contributed by atoms with Crippen LogP contribution in [0.1, 0.15) is 15.9 Å². The van der Waals surface area contributed by atoms with Crippen LogP contribution in [0, 0.1) is 0 Å². The Morgan fingerprint density at radius 2 is 1.77 bits per heavy atom. The third kappa shape index (κ3) is 2.69. The quantitative estimate of drug-likeness (QED) is 0.429. The maximum absolute atomic E-state index is 12.8. The van der Waals surface area contributed by atoms with E-state index in [2.05, 4.69) is 0 Å². The van der Waals surface area contributed by atoms with Gasteiger partial charge in [0.1, 0.15) is 28.6 Å². The molecular weight excluding hydrogens is 382 g/mol. The van der Waals surface area contributed by atoms with Crippen LogP contribution >= 0.6 is 0 Å². The summed E-state index contributed by atoms with van der Waals surface area (Å²) in [6, 6.07) is 15.3. The van der Waals surface area contributed by atoms with E-state index < -0.39 is 5.78 Å². The largest absolute Gasteiger partial charge is 0.508 e. The van der Waals surface area contributed by atoms with Crippen molar-refractivity contribution in [2.75, 3.05) is 0 Å². The average molecular weight is 399 g/mol. The Labute approximate surface area is 171 Å². The van der Waals surface area contributed by atoms with E-state index in [0.29, 0.717) is 0 Å². The number of ketones is 1. The number of aromatic nitrogens is 1. The molecule has 1 aliphatic rings. The number of aryl methyl sites for hydroxylation is 1. The van der Waals surface area contributed by atoms with E-state index in [1.54, 1.807) is 24.3 Å². The Bertz CT molecular complexity index is 1380. The zero-order chi connectivity index (χ0) is 21.0. The highest BCUT2D eigenvalue weighted by atomic mass is 16.5. The second-order valence-electron chi connectivity index (χ2n) is 7.22. The van der Waals surface area contributed by atoms with Crippen molar-refractivity contribution in [1.29, 1.82) is 0 Å². The Hall–Kier alpha value is -4.19. The molecule has 1 aromatic heterocycles. The van der Waals surface area contributed by atoms with Crippen molar-refractivity contribution in [3.63, 3.8) is 0 Å². The van der Waals surface area contributed by atoms with Crippen molar-refractivity contribution in [1.82, 2.24) is 4.57 Å². The number of aromatic hydroxyl groups is 3. The van der Waals surface area contributed by atoms with Crippen LogP contribution in [-0.4, -0.2) is 25.7 Å². The standard InChI is InChI=1S/C24H17NO5/c1-25-12-14(9-21-24(29)23-19(28)10-16(27)11-20(23)30-21)22-17(6-3-7-18(22)25)13-4-2-5-15(26)8-13/h2-12,26-28H,1H3/b21-9-. The normalized spacial score (nSPS) is 14.3. The van der Waals surface area contributed by atoms with Gasteiger partial charge in [0.2, 0.25) is 5.78 Å². The van der Waals surface area contributed by atoms with Crippen molar-refractivity contribution < 1.29 is 24.9 Å². The van der Waals surface area contributed by atoms with Gasteiger partial charge in [-0.1, -0.05) is 24.3 Å². The molecule has 5 rings (SSSR count). The Morgan fingerprint density at radius 3 is 2.57 bits per heavy atom. The first kappa shape index (κ1) is 17.9.